The van der Waals surface area contributed by atoms with Gasteiger partial charge in [0, 0.05) is 43.5 Å². The molecule has 0 fully saturated rings. The molecule has 2 aromatic heterocycles. The van der Waals surface area contributed by atoms with Crippen molar-refractivity contribution in [1.29, 1.82) is 0 Å². The topological polar surface area (TPSA) is 32.3 Å². The SMILES string of the molecule is CN1C=CN(CCc2ccc3cc(F)cnc3n2)C1. The summed E-state index contributed by atoms with van der Waals surface area (Å²) < 4.78 is 13.0. The van der Waals surface area contributed by atoms with Crippen LogP contribution in [0.3, 0.4) is 0 Å². The number of rotatable bonds is 3. The van der Waals surface area contributed by atoms with Crippen LogP contribution >= 0.6 is 0 Å². The number of pyridine rings is 2. The van der Waals surface area contributed by atoms with Gasteiger partial charge in [-0.25, -0.2) is 14.4 Å². The maximum atomic E-state index is 13.0. The molecule has 0 spiro atoms. The standard InChI is InChI=1S/C14H15FN4/c1-18-6-7-19(10-18)5-4-13-3-2-11-8-12(15)9-16-14(11)17-13/h2-3,6-9H,4-5,10H2,1H3. The van der Waals surface area contributed by atoms with E-state index < -0.39 is 0 Å². The van der Waals surface area contributed by atoms with E-state index in [1.165, 1.54) is 12.3 Å². The summed E-state index contributed by atoms with van der Waals surface area (Å²) in [4.78, 5) is 12.8. The minimum atomic E-state index is -0.327. The second-order valence-electron chi connectivity index (χ2n) is 4.76. The minimum absolute atomic E-state index is 0.327. The first-order valence-electron chi connectivity index (χ1n) is 6.24. The normalized spacial score (nSPS) is 14.6. The second-order valence-corrected chi connectivity index (χ2v) is 4.76. The highest BCUT2D eigenvalue weighted by atomic mass is 19.1. The Morgan fingerprint density at radius 1 is 1.32 bits per heavy atom. The van der Waals surface area contributed by atoms with Crippen molar-refractivity contribution in [1.82, 2.24) is 19.8 Å². The van der Waals surface area contributed by atoms with E-state index in [1.807, 2.05) is 19.2 Å². The van der Waals surface area contributed by atoms with Gasteiger partial charge in [0.2, 0.25) is 0 Å². The quantitative estimate of drug-likeness (QED) is 0.842. The fraction of sp³-hybridized carbons (Fsp3) is 0.286. The molecule has 98 valence electrons. The van der Waals surface area contributed by atoms with Gasteiger partial charge in [0.25, 0.3) is 0 Å². The van der Waals surface area contributed by atoms with Crippen molar-refractivity contribution in [3.8, 4) is 0 Å². The first-order valence-corrected chi connectivity index (χ1v) is 6.24. The molecule has 0 atom stereocenters. The average molecular weight is 258 g/mol. The van der Waals surface area contributed by atoms with Crippen molar-refractivity contribution < 1.29 is 4.39 Å². The molecule has 19 heavy (non-hydrogen) atoms. The molecule has 0 N–H and O–H groups in total. The summed E-state index contributed by atoms with van der Waals surface area (Å²) in [6.45, 7) is 1.83. The average Bonchev–Trinajstić information content (AvgIpc) is 2.82. The predicted octanol–water partition coefficient (Wildman–Crippen LogP) is 1.99. The molecular formula is C14H15FN4. The minimum Gasteiger partial charge on any atom is -0.362 e. The fourth-order valence-corrected chi connectivity index (χ4v) is 2.15. The molecule has 0 bridgehead atoms. The lowest BCUT2D eigenvalue weighted by molar-refractivity contribution is 0.299. The van der Waals surface area contributed by atoms with Crippen LogP contribution in [-0.4, -0.2) is 40.0 Å². The smallest absolute Gasteiger partial charge is 0.159 e. The molecule has 0 aliphatic carbocycles. The number of aromatic nitrogens is 2. The summed E-state index contributed by atoms with van der Waals surface area (Å²) in [6.07, 6.45) is 6.19. The van der Waals surface area contributed by atoms with Crippen molar-refractivity contribution in [3.05, 3.63) is 48.3 Å². The lowest BCUT2D eigenvalue weighted by atomic mass is 10.2. The van der Waals surface area contributed by atoms with Crippen molar-refractivity contribution >= 4 is 11.0 Å². The van der Waals surface area contributed by atoms with Crippen LogP contribution in [0.2, 0.25) is 0 Å². The maximum absolute atomic E-state index is 13.0. The van der Waals surface area contributed by atoms with Gasteiger partial charge in [0.05, 0.1) is 12.9 Å². The Morgan fingerprint density at radius 2 is 2.21 bits per heavy atom. The Morgan fingerprint density at radius 3 is 3.00 bits per heavy atom. The van der Waals surface area contributed by atoms with E-state index in [0.29, 0.717) is 5.65 Å². The first kappa shape index (κ1) is 11.9. The molecular weight excluding hydrogens is 243 g/mol. The number of hydrogen-bond donors (Lipinski definition) is 0. The largest absolute Gasteiger partial charge is 0.362 e. The predicted molar refractivity (Wildman–Crippen MR) is 71.7 cm³/mol. The lowest BCUT2D eigenvalue weighted by Crippen LogP contribution is -2.24. The van der Waals surface area contributed by atoms with E-state index >= 15 is 0 Å². The van der Waals surface area contributed by atoms with Crippen LogP contribution in [0.4, 0.5) is 4.39 Å². The van der Waals surface area contributed by atoms with E-state index in [9.17, 15) is 4.39 Å². The van der Waals surface area contributed by atoms with Crippen LogP contribution in [0, 0.1) is 5.82 Å². The molecule has 0 saturated heterocycles. The zero-order valence-corrected chi connectivity index (χ0v) is 10.8. The highest BCUT2D eigenvalue weighted by Gasteiger charge is 2.08. The molecule has 1 aliphatic rings. The number of hydrogen-bond acceptors (Lipinski definition) is 4. The Kier molecular flexibility index (Phi) is 3.03. The van der Waals surface area contributed by atoms with Gasteiger partial charge in [-0.15, -0.1) is 0 Å². The maximum Gasteiger partial charge on any atom is 0.159 e. The lowest BCUT2D eigenvalue weighted by Gasteiger charge is -2.17. The van der Waals surface area contributed by atoms with Gasteiger partial charge >= 0.3 is 0 Å². The van der Waals surface area contributed by atoms with Crippen LogP contribution in [-0.2, 0) is 6.42 Å². The highest BCUT2D eigenvalue weighted by molar-refractivity contribution is 5.74. The van der Waals surface area contributed by atoms with E-state index in [4.69, 9.17) is 0 Å². The van der Waals surface area contributed by atoms with Crippen LogP contribution < -0.4 is 0 Å². The van der Waals surface area contributed by atoms with Crippen LogP contribution in [0.5, 0.6) is 0 Å². The zero-order chi connectivity index (χ0) is 13.2. The molecule has 0 unspecified atom stereocenters. The van der Waals surface area contributed by atoms with Crippen molar-refractivity contribution in [3.63, 3.8) is 0 Å². The third-order valence-corrected chi connectivity index (χ3v) is 3.16. The van der Waals surface area contributed by atoms with Gasteiger partial charge in [-0.1, -0.05) is 0 Å². The molecule has 4 nitrogen and oxygen atoms in total. The molecule has 2 aromatic rings. The highest BCUT2D eigenvalue weighted by Crippen LogP contribution is 2.12. The molecule has 0 amide bonds. The van der Waals surface area contributed by atoms with Crippen molar-refractivity contribution in [2.75, 3.05) is 20.3 Å². The summed E-state index contributed by atoms with van der Waals surface area (Å²) in [5.74, 6) is -0.327. The zero-order valence-electron chi connectivity index (χ0n) is 10.8. The van der Waals surface area contributed by atoms with Crippen molar-refractivity contribution in [2.45, 2.75) is 6.42 Å². The summed E-state index contributed by atoms with van der Waals surface area (Å²) in [7, 11) is 2.04. The van der Waals surface area contributed by atoms with Gasteiger partial charge in [0.15, 0.2) is 5.65 Å². The van der Waals surface area contributed by atoms with Crippen molar-refractivity contribution in [2.24, 2.45) is 0 Å². The molecule has 0 aromatic carbocycles. The fourth-order valence-electron chi connectivity index (χ4n) is 2.15. The molecule has 0 saturated carbocycles. The molecule has 5 heteroatoms. The third-order valence-electron chi connectivity index (χ3n) is 3.16. The number of nitrogens with zero attached hydrogens (tertiary/aromatic N) is 4. The van der Waals surface area contributed by atoms with Gasteiger partial charge in [-0.05, 0) is 18.2 Å². The molecule has 3 rings (SSSR count). The van der Waals surface area contributed by atoms with Gasteiger partial charge in [-0.3, -0.25) is 0 Å². The van der Waals surface area contributed by atoms with E-state index in [1.54, 1.807) is 0 Å². The summed E-state index contributed by atoms with van der Waals surface area (Å²) in [5.41, 5.74) is 1.59. The summed E-state index contributed by atoms with van der Waals surface area (Å²) in [6, 6.07) is 5.27. The second kappa shape index (κ2) is 4.84. The first-order chi connectivity index (χ1) is 9.20. The molecule has 1 aliphatic heterocycles. The van der Waals surface area contributed by atoms with Gasteiger partial charge < -0.3 is 9.80 Å². The van der Waals surface area contributed by atoms with E-state index in [2.05, 4.69) is 32.2 Å². The Hall–Kier alpha value is -2.17. The molecule has 3 heterocycles. The van der Waals surface area contributed by atoms with E-state index in [-0.39, 0.29) is 5.82 Å². The van der Waals surface area contributed by atoms with E-state index in [0.717, 1.165) is 30.7 Å². The van der Waals surface area contributed by atoms with Gasteiger partial charge in [0.1, 0.15) is 5.82 Å². The summed E-state index contributed by atoms with van der Waals surface area (Å²) >= 11 is 0. The third kappa shape index (κ3) is 2.65. The van der Waals surface area contributed by atoms with Crippen LogP contribution in [0.25, 0.3) is 11.0 Å². The number of fused-ring (bicyclic) bond motifs is 1. The number of halogens is 1. The van der Waals surface area contributed by atoms with Gasteiger partial charge in [-0.2, -0.15) is 0 Å². The summed E-state index contributed by atoms with van der Waals surface area (Å²) in [5, 5.41) is 0.740. The Balaban J connectivity index is 1.71. The van der Waals surface area contributed by atoms with Crippen LogP contribution in [0.1, 0.15) is 5.69 Å². The Bertz CT molecular complexity index is 626. The molecule has 0 radical (unpaired) electrons. The Labute approximate surface area is 111 Å². The monoisotopic (exact) mass is 258 g/mol. The van der Waals surface area contributed by atoms with Crippen LogP contribution in [0.15, 0.2) is 36.8 Å².